The second-order valence-corrected chi connectivity index (χ2v) is 23.5. The van der Waals surface area contributed by atoms with Gasteiger partial charge in [0.1, 0.15) is 34.4 Å². The monoisotopic (exact) mass is 1350 g/mol. The summed E-state index contributed by atoms with van der Waals surface area (Å²) in [5.41, 5.74) is 16.9. The van der Waals surface area contributed by atoms with Crippen LogP contribution in [0.1, 0.15) is 125 Å². The average Bonchev–Trinajstić information content (AvgIpc) is 2.28. The highest BCUT2D eigenvalue weighted by Crippen LogP contribution is 2.42. The maximum Gasteiger partial charge on any atom is 0.472 e. The number of alkyl halides is 7. The number of aliphatic imine (C=N–C) groups is 1. The van der Waals surface area contributed by atoms with E-state index in [0.29, 0.717) is 48.2 Å². The van der Waals surface area contributed by atoms with Gasteiger partial charge in [0.25, 0.3) is 0 Å². The van der Waals surface area contributed by atoms with Crippen molar-refractivity contribution in [3.8, 4) is 12.0 Å². The van der Waals surface area contributed by atoms with E-state index in [-0.39, 0.29) is 97.5 Å². The van der Waals surface area contributed by atoms with E-state index in [1.807, 2.05) is 53.4 Å². The molecule has 1 unspecified atom stereocenters. The second kappa shape index (κ2) is 31.5. The van der Waals surface area contributed by atoms with E-state index >= 15 is 0 Å². The Morgan fingerprint density at radius 2 is 0.978 bits per heavy atom. The highest BCUT2D eigenvalue weighted by atomic mass is 79.9. The van der Waals surface area contributed by atoms with E-state index in [9.17, 15) is 45.5 Å². The lowest BCUT2D eigenvalue weighted by molar-refractivity contribution is -0.0949. The van der Waals surface area contributed by atoms with Crippen molar-refractivity contribution in [3.63, 3.8) is 0 Å². The maximum absolute atomic E-state index is 12.5. The molecule has 0 aromatic carbocycles. The molecule has 0 bridgehead atoms. The van der Waals surface area contributed by atoms with Crippen molar-refractivity contribution < 1.29 is 74.3 Å². The predicted molar refractivity (Wildman–Crippen MR) is 323 cm³/mol. The molecule has 0 spiro atoms. The minimum atomic E-state index is -5.09. The summed E-state index contributed by atoms with van der Waals surface area (Å²) in [6.07, 6.45) is -3.28. The molecule has 0 aliphatic carbocycles. The third-order valence-electron chi connectivity index (χ3n) is 13.6. The lowest BCUT2D eigenvalue weighted by Crippen LogP contribution is -2.42. The number of hydrogen-bond acceptors (Lipinski definition) is 23. The topological polar surface area (TPSA) is 357 Å². The van der Waals surface area contributed by atoms with Crippen LogP contribution in [-0.2, 0) is 14.2 Å². The first-order chi connectivity index (χ1) is 41.0. The van der Waals surface area contributed by atoms with Gasteiger partial charge in [-0.05, 0) is 138 Å². The van der Waals surface area contributed by atoms with Gasteiger partial charge in [0, 0.05) is 38.1 Å². The number of methoxy groups -OCH3 is 3. The number of aliphatic hydroxyl groups excluding tert-OH is 1. The van der Waals surface area contributed by atoms with Gasteiger partial charge in [-0.1, -0.05) is 15.9 Å². The Kier molecular flexibility index (Phi) is 26.3. The Hall–Kier alpha value is -7.20. The summed E-state index contributed by atoms with van der Waals surface area (Å²) in [6.45, 7) is 21.5. The minimum absolute atomic E-state index is 0. The Morgan fingerprint density at radius 1 is 0.584 bits per heavy atom. The smallest absolute Gasteiger partial charge is 0.472 e. The van der Waals surface area contributed by atoms with Gasteiger partial charge in [-0.15, -0.1) is 12.4 Å². The molecule has 4 aliphatic heterocycles. The molecular formula is C54H79BrClF6N17O10. The fourth-order valence-electron chi connectivity index (χ4n) is 9.38. The normalized spacial score (nSPS) is 16.5. The molecule has 496 valence electrons. The van der Waals surface area contributed by atoms with Crippen LogP contribution in [0.3, 0.4) is 0 Å². The van der Waals surface area contributed by atoms with Crippen molar-refractivity contribution in [2.75, 3.05) is 89.7 Å². The Labute approximate surface area is 524 Å². The van der Waals surface area contributed by atoms with Gasteiger partial charge >= 0.3 is 48.4 Å². The zero-order valence-corrected chi connectivity index (χ0v) is 54.0. The predicted octanol–water partition coefficient (Wildman–Crippen LogP) is 8.46. The van der Waals surface area contributed by atoms with Gasteiger partial charge in [-0.3, -0.25) is 9.59 Å². The second-order valence-electron chi connectivity index (χ2n) is 22.8. The number of nitrogens with one attached hydrogen (secondary N) is 1. The largest absolute Gasteiger partial charge is 0.484 e. The van der Waals surface area contributed by atoms with Crippen LogP contribution in [0.15, 0.2) is 4.99 Å². The van der Waals surface area contributed by atoms with E-state index in [1.165, 1.54) is 26.7 Å². The lowest BCUT2D eigenvalue weighted by Gasteiger charge is -2.32. The SMILES string of the molecule is CC(C)(C)OC(=O)N1CCC(CBr)CC1.CC(C)(C)OC(=O)N1CCC(CO)CC1.COC1=Nc2c(N)nc(C)nc2C1CC1CCNCC1.COc1nc2c(N)nc(C)nc2n1C(=O)C(F)(F)F.COc1nc2c(N)nc(C)nc2n1C(=O)C(F)(F)F.Cl. The molecule has 0 saturated carbocycles. The van der Waals surface area contributed by atoms with Crippen LogP contribution in [0, 0.1) is 38.5 Å². The molecule has 3 fully saturated rings. The number of piperidine rings is 3. The number of aliphatic hydroxyl groups is 1. The van der Waals surface area contributed by atoms with Crippen molar-refractivity contribution in [3.05, 3.63) is 23.2 Å². The number of likely N-dealkylation sites (tertiary alicyclic amines) is 2. The summed E-state index contributed by atoms with van der Waals surface area (Å²) in [6, 6.07) is -1.10. The molecule has 89 heavy (non-hydrogen) atoms. The van der Waals surface area contributed by atoms with E-state index in [1.54, 1.807) is 12.0 Å². The molecule has 2 amide bonds. The molecule has 9 rings (SSSR count). The number of rotatable bonds is 6. The van der Waals surface area contributed by atoms with Crippen molar-refractivity contribution in [2.45, 2.75) is 137 Å². The van der Waals surface area contributed by atoms with Crippen LogP contribution in [0.5, 0.6) is 12.0 Å². The first kappa shape index (κ1) is 74.3. The van der Waals surface area contributed by atoms with Crippen molar-refractivity contribution in [1.82, 2.24) is 64.1 Å². The molecule has 4 aliphatic rings. The number of anilines is 3. The first-order valence-electron chi connectivity index (χ1n) is 28.0. The van der Waals surface area contributed by atoms with Gasteiger partial charge in [0.2, 0.25) is 0 Å². The van der Waals surface area contributed by atoms with Gasteiger partial charge in [0.15, 0.2) is 45.7 Å². The third kappa shape index (κ3) is 20.4. The van der Waals surface area contributed by atoms with Crippen LogP contribution in [0.2, 0.25) is 0 Å². The van der Waals surface area contributed by atoms with Gasteiger partial charge in [-0.25, -0.2) is 53.6 Å². The molecule has 8 N–H and O–H groups in total. The highest BCUT2D eigenvalue weighted by Gasteiger charge is 2.45. The molecule has 35 heteroatoms. The minimum Gasteiger partial charge on any atom is -0.484 e. The van der Waals surface area contributed by atoms with Crippen LogP contribution in [-0.4, -0.2) is 190 Å². The molecule has 3 saturated heterocycles. The number of nitrogens with two attached hydrogens (primary N) is 3. The van der Waals surface area contributed by atoms with Crippen molar-refractivity contribution >= 4 is 104 Å². The number of imidazole rings is 2. The Balaban J connectivity index is 0.000000238. The highest BCUT2D eigenvalue weighted by molar-refractivity contribution is 9.09. The number of aromatic nitrogens is 10. The third-order valence-corrected chi connectivity index (χ3v) is 14.5. The number of carbonyl (C=O) groups excluding carboxylic acids is 4. The van der Waals surface area contributed by atoms with Gasteiger partial charge < -0.3 is 61.1 Å². The van der Waals surface area contributed by atoms with Gasteiger partial charge in [0.05, 0.1) is 32.9 Å². The quantitative estimate of drug-likeness (QED) is 0.0785. The summed E-state index contributed by atoms with van der Waals surface area (Å²) in [5, 5.41) is 13.4. The number of nitrogen functional groups attached to an aromatic ring is 3. The fraction of sp³-hybridized carbons (Fsp3) is 0.648. The maximum atomic E-state index is 12.5. The molecule has 9 heterocycles. The number of nitrogens with zero attached hydrogens (tertiary/aromatic N) is 13. The van der Waals surface area contributed by atoms with E-state index in [2.05, 4.69) is 75.6 Å². The van der Waals surface area contributed by atoms with Gasteiger partial charge in [-0.2, -0.15) is 36.3 Å². The molecule has 0 radical (unpaired) electrons. The summed E-state index contributed by atoms with van der Waals surface area (Å²) in [7, 11) is 3.83. The molecule has 27 nitrogen and oxygen atoms in total. The fourth-order valence-corrected chi connectivity index (χ4v) is 10.0. The number of amides is 2. The summed E-state index contributed by atoms with van der Waals surface area (Å²) in [4.78, 5) is 85.2. The molecule has 1 atom stereocenters. The van der Waals surface area contributed by atoms with Crippen LogP contribution >= 0.6 is 28.3 Å². The summed E-state index contributed by atoms with van der Waals surface area (Å²) in [5.74, 6) is -0.604. The van der Waals surface area contributed by atoms with Crippen molar-refractivity contribution in [1.29, 1.82) is 0 Å². The van der Waals surface area contributed by atoms with E-state index < -0.39 is 41.8 Å². The first-order valence-corrected chi connectivity index (χ1v) is 29.1. The number of aryl methyl sites for hydroxylation is 3. The summed E-state index contributed by atoms with van der Waals surface area (Å²) >= 11 is 3.48. The zero-order chi connectivity index (χ0) is 65.8. The average molecular weight is 1360 g/mol. The molecule has 5 aromatic heterocycles. The lowest BCUT2D eigenvalue weighted by atomic mass is 9.86. The Bertz CT molecular complexity index is 3100. The number of halogens is 8. The van der Waals surface area contributed by atoms with E-state index in [0.717, 1.165) is 89.4 Å². The van der Waals surface area contributed by atoms with E-state index in [4.69, 9.17) is 36.5 Å². The number of carbonyl (C=O) groups is 4. The molecular weight excluding hydrogens is 1280 g/mol. The standard InChI is InChI=1S/C14H21N5O.C11H20BrNO2.C11H21NO3.2C9H8F3N5O2.ClH/c1-8-17-11-10(7-9-3-5-16-6-4-9)14(20-2)19-12(11)13(15)18-8;1-11(2,3)15-10(14)13-6-4-9(8-12)5-7-13;1-11(2,3)15-10(14)12-6-4-9(8-13)5-7-12;2*1-3-14-5(13)4-6(15-3)17(8(16-4)19-2)7(18)9(10,11)12;/h9-10,16H,3-7H2,1-2H3,(H2,15,17,18);9H,4-8H2,1-3H3;9,13H,4-8H2,1-3H3;2*1-2H3,(H2,13,14,15);1H. The zero-order valence-electron chi connectivity index (χ0n) is 51.6. The number of fused-ring (bicyclic) bond motifs is 3. The Morgan fingerprint density at radius 3 is 1.34 bits per heavy atom. The van der Waals surface area contributed by atoms with Crippen molar-refractivity contribution in [2.24, 2.45) is 22.7 Å². The number of ether oxygens (including phenoxy) is 5. The van der Waals surface area contributed by atoms with Crippen LogP contribution in [0.25, 0.3) is 22.3 Å². The molecule has 5 aromatic rings. The van der Waals surface area contributed by atoms with Crippen LogP contribution < -0.4 is 32.0 Å². The summed E-state index contributed by atoms with van der Waals surface area (Å²) < 4.78 is 101. The van der Waals surface area contributed by atoms with Crippen LogP contribution in [0.4, 0.5) is 59.1 Å². The number of hydrogen-bond donors (Lipinski definition) is 5.